The van der Waals surface area contributed by atoms with Crippen LogP contribution in [0.1, 0.15) is 25.3 Å². The van der Waals surface area contributed by atoms with E-state index in [4.69, 9.17) is 4.74 Å². The Morgan fingerprint density at radius 1 is 1.48 bits per heavy atom. The molecule has 0 bridgehead atoms. The highest BCUT2D eigenvalue weighted by molar-refractivity contribution is 5.81. The maximum atomic E-state index is 12.2. The van der Waals surface area contributed by atoms with Crippen LogP contribution in [0.4, 0.5) is 0 Å². The summed E-state index contributed by atoms with van der Waals surface area (Å²) in [6.07, 6.45) is 3.36. The molecule has 1 unspecified atom stereocenters. The average molecular weight is 288 g/mol. The lowest BCUT2D eigenvalue weighted by atomic mass is 10.1. The fourth-order valence-electron chi connectivity index (χ4n) is 2.32. The quantitative estimate of drug-likeness (QED) is 0.789. The van der Waals surface area contributed by atoms with Crippen LogP contribution in [0.5, 0.6) is 5.75 Å². The van der Waals surface area contributed by atoms with Gasteiger partial charge in [0.25, 0.3) is 5.91 Å². The van der Waals surface area contributed by atoms with Crippen molar-refractivity contribution in [2.45, 2.75) is 32.8 Å². The minimum atomic E-state index is -0.436. The van der Waals surface area contributed by atoms with Gasteiger partial charge in [0.1, 0.15) is 5.75 Å². The molecule has 0 aromatic heterocycles. The molecule has 1 amide bonds. The molecule has 114 valence electrons. The summed E-state index contributed by atoms with van der Waals surface area (Å²) in [5.41, 5.74) is 2.41. The lowest BCUT2D eigenvalue weighted by Crippen LogP contribution is -2.39. The Kier molecular flexibility index (Phi) is 5.81. The lowest BCUT2D eigenvalue weighted by Gasteiger charge is -2.19. The molecular weight excluding hydrogens is 264 g/mol. The van der Waals surface area contributed by atoms with Crippen LogP contribution in [0.2, 0.25) is 0 Å². The molecule has 1 aromatic carbocycles. The molecule has 21 heavy (non-hydrogen) atoms. The lowest BCUT2D eigenvalue weighted by molar-refractivity contribution is -0.127. The molecule has 0 radical (unpaired) electrons. The third-order valence-corrected chi connectivity index (χ3v) is 3.58. The van der Waals surface area contributed by atoms with E-state index >= 15 is 0 Å². The summed E-state index contributed by atoms with van der Waals surface area (Å²) in [5.74, 6) is 0.705. The van der Waals surface area contributed by atoms with Crippen molar-refractivity contribution < 1.29 is 9.53 Å². The minimum absolute atomic E-state index is 0.0431. The highest BCUT2D eigenvalue weighted by atomic mass is 16.5. The zero-order chi connectivity index (χ0) is 15.1. The zero-order valence-electron chi connectivity index (χ0n) is 12.8. The predicted molar refractivity (Wildman–Crippen MR) is 84.5 cm³/mol. The van der Waals surface area contributed by atoms with Gasteiger partial charge in [-0.2, -0.15) is 0 Å². The number of hydrogen-bond acceptors (Lipinski definition) is 3. The van der Waals surface area contributed by atoms with Crippen LogP contribution in [0.3, 0.4) is 0 Å². The fraction of sp³-hybridized carbons (Fsp3) is 0.471. The van der Waals surface area contributed by atoms with E-state index in [0.29, 0.717) is 13.0 Å². The maximum absolute atomic E-state index is 12.2. The van der Waals surface area contributed by atoms with Crippen LogP contribution >= 0.6 is 0 Å². The Balaban J connectivity index is 1.87. The summed E-state index contributed by atoms with van der Waals surface area (Å²) in [4.78, 5) is 12.2. The van der Waals surface area contributed by atoms with E-state index in [2.05, 4.69) is 16.7 Å². The van der Waals surface area contributed by atoms with E-state index in [1.54, 1.807) is 0 Å². The number of amides is 1. The Hall–Kier alpha value is -1.81. The van der Waals surface area contributed by atoms with Crippen LogP contribution in [-0.4, -0.2) is 31.6 Å². The van der Waals surface area contributed by atoms with Crippen molar-refractivity contribution >= 4 is 5.91 Å². The molecule has 2 N–H and O–H groups in total. The monoisotopic (exact) mass is 288 g/mol. The molecule has 4 heteroatoms. The molecule has 1 aromatic rings. The van der Waals surface area contributed by atoms with Gasteiger partial charge in [0, 0.05) is 13.1 Å². The van der Waals surface area contributed by atoms with Gasteiger partial charge in [0.15, 0.2) is 6.10 Å². The van der Waals surface area contributed by atoms with Crippen LogP contribution < -0.4 is 15.4 Å². The smallest absolute Gasteiger partial charge is 0.261 e. The largest absolute Gasteiger partial charge is 0.481 e. The van der Waals surface area contributed by atoms with Crippen LogP contribution in [0.25, 0.3) is 0 Å². The van der Waals surface area contributed by atoms with Crippen molar-refractivity contribution in [1.29, 1.82) is 0 Å². The SMILES string of the molecule is CCC(Oc1cccc(C)c1)C(=O)NCC1=CCNCC1. The van der Waals surface area contributed by atoms with Gasteiger partial charge >= 0.3 is 0 Å². The van der Waals surface area contributed by atoms with Crippen LogP contribution in [-0.2, 0) is 4.79 Å². The number of hydrogen-bond donors (Lipinski definition) is 2. The van der Waals surface area contributed by atoms with Gasteiger partial charge in [-0.3, -0.25) is 4.79 Å². The van der Waals surface area contributed by atoms with Crippen molar-refractivity contribution in [3.63, 3.8) is 0 Å². The van der Waals surface area contributed by atoms with Crippen molar-refractivity contribution in [3.8, 4) is 5.75 Å². The number of aryl methyl sites for hydroxylation is 1. The molecule has 0 saturated heterocycles. The van der Waals surface area contributed by atoms with Crippen LogP contribution in [0.15, 0.2) is 35.9 Å². The first-order valence-corrected chi connectivity index (χ1v) is 7.58. The summed E-state index contributed by atoms with van der Waals surface area (Å²) in [5, 5.41) is 6.24. The first kappa shape index (κ1) is 15.6. The van der Waals surface area contributed by atoms with Gasteiger partial charge in [-0.25, -0.2) is 0 Å². The van der Waals surface area contributed by atoms with Gasteiger partial charge in [-0.15, -0.1) is 0 Å². The standard InChI is InChI=1S/C17H24N2O2/c1-3-16(21-15-6-4-5-13(2)11-15)17(20)19-12-14-7-9-18-10-8-14/h4-7,11,16,18H,3,8-10,12H2,1-2H3,(H,19,20). The minimum Gasteiger partial charge on any atom is -0.481 e. The predicted octanol–water partition coefficient (Wildman–Crippen LogP) is 2.19. The summed E-state index contributed by atoms with van der Waals surface area (Å²) < 4.78 is 5.80. The van der Waals surface area contributed by atoms with Gasteiger partial charge in [0.05, 0.1) is 0 Å². The molecule has 0 saturated carbocycles. The molecule has 1 aliphatic rings. The number of benzene rings is 1. The topological polar surface area (TPSA) is 50.4 Å². The van der Waals surface area contributed by atoms with E-state index < -0.39 is 6.10 Å². The van der Waals surface area contributed by atoms with E-state index in [0.717, 1.165) is 30.8 Å². The number of carbonyl (C=O) groups is 1. The number of rotatable bonds is 6. The Morgan fingerprint density at radius 3 is 3.00 bits per heavy atom. The highest BCUT2D eigenvalue weighted by Gasteiger charge is 2.18. The third kappa shape index (κ3) is 4.90. The van der Waals surface area contributed by atoms with Crippen molar-refractivity contribution in [3.05, 3.63) is 41.5 Å². The zero-order valence-corrected chi connectivity index (χ0v) is 12.8. The van der Waals surface area contributed by atoms with E-state index in [1.807, 2.05) is 38.1 Å². The Bertz CT molecular complexity index is 511. The Labute approximate surface area is 126 Å². The number of ether oxygens (including phenoxy) is 1. The van der Waals surface area contributed by atoms with E-state index in [1.165, 1.54) is 5.57 Å². The molecule has 0 fully saturated rings. The molecule has 1 atom stereocenters. The Morgan fingerprint density at radius 2 is 2.33 bits per heavy atom. The molecule has 0 spiro atoms. The molecule has 0 aliphatic carbocycles. The average Bonchev–Trinajstić information content (AvgIpc) is 2.51. The van der Waals surface area contributed by atoms with Crippen molar-refractivity contribution in [1.82, 2.24) is 10.6 Å². The molecule has 4 nitrogen and oxygen atoms in total. The normalized spacial score (nSPS) is 16.0. The number of carbonyl (C=O) groups excluding carboxylic acids is 1. The summed E-state index contributed by atoms with van der Waals surface area (Å²) >= 11 is 0. The fourth-order valence-corrected chi connectivity index (χ4v) is 2.32. The van der Waals surface area contributed by atoms with Crippen molar-refractivity contribution in [2.24, 2.45) is 0 Å². The maximum Gasteiger partial charge on any atom is 0.261 e. The van der Waals surface area contributed by atoms with Crippen LogP contribution in [0, 0.1) is 6.92 Å². The second-order valence-corrected chi connectivity index (χ2v) is 5.37. The van der Waals surface area contributed by atoms with Gasteiger partial charge in [0.2, 0.25) is 0 Å². The molecular formula is C17H24N2O2. The van der Waals surface area contributed by atoms with Gasteiger partial charge in [-0.1, -0.05) is 30.7 Å². The summed E-state index contributed by atoms with van der Waals surface area (Å²) in [6.45, 7) is 6.47. The summed E-state index contributed by atoms with van der Waals surface area (Å²) in [6, 6.07) is 7.79. The molecule has 1 heterocycles. The molecule has 1 aliphatic heterocycles. The summed E-state index contributed by atoms with van der Waals surface area (Å²) in [7, 11) is 0. The third-order valence-electron chi connectivity index (χ3n) is 3.58. The van der Waals surface area contributed by atoms with Crippen molar-refractivity contribution in [2.75, 3.05) is 19.6 Å². The first-order valence-electron chi connectivity index (χ1n) is 7.58. The molecule has 2 rings (SSSR count). The first-order chi connectivity index (χ1) is 10.2. The second-order valence-electron chi connectivity index (χ2n) is 5.37. The highest BCUT2D eigenvalue weighted by Crippen LogP contribution is 2.15. The van der Waals surface area contributed by atoms with E-state index in [-0.39, 0.29) is 5.91 Å². The second kappa shape index (κ2) is 7.84. The van der Waals surface area contributed by atoms with Gasteiger partial charge in [-0.05, 0) is 44.0 Å². The van der Waals surface area contributed by atoms with Gasteiger partial charge < -0.3 is 15.4 Å². The van der Waals surface area contributed by atoms with E-state index in [9.17, 15) is 4.79 Å². The number of nitrogens with one attached hydrogen (secondary N) is 2.